The molecule has 0 unspecified atom stereocenters. The Morgan fingerprint density at radius 2 is 2.05 bits per heavy atom. The van der Waals surface area contributed by atoms with Gasteiger partial charge in [0.15, 0.2) is 0 Å². The van der Waals surface area contributed by atoms with Crippen LogP contribution >= 0.6 is 0 Å². The van der Waals surface area contributed by atoms with Crippen molar-refractivity contribution in [1.82, 2.24) is 15.1 Å². The van der Waals surface area contributed by atoms with Crippen LogP contribution in [-0.2, 0) is 16.1 Å². The lowest BCUT2D eigenvalue weighted by atomic mass is 9.78. The molecule has 1 aromatic rings. The number of aryl methyl sites for hydroxylation is 2. The van der Waals surface area contributed by atoms with E-state index in [1.807, 2.05) is 31.6 Å². The van der Waals surface area contributed by atoms with Crippen LogP contribution in [0.25, 0.3) is 0 Å². The van der Waals surface area contributed by atoms with Gasteiger partial charge >= 0.3 is 5.97 Å². The van der Waals surface area contributed by atoms with Gasteiger partial charge in [-0.15, -0.1) is 0 Å². The van der Waals surface area contributed by atoms with Crippen molar-refractivity contribution >= 4 is 11.9 Å². The Bertz CT molecular complexity index is 553. The van der Waals surface area contributed by atoms with Gasteiger partial charge in [0.25, 0.3) is 0 Å². The number of carboxylic acids is 1. The molecular weight excluding hydrogens is 282 g/mol. The van der Waals surface area contributed by atoms with E-state index in [-0.39, 0.29) is 11.9 Å². The largest absolute Gasteiger partial charge is 0.481 e. The first-order valence-corrected chi connectivity index (χ1v) is 8.01. The minimum Gasteiger partial charge on any atom is -0.481 e. The highest BCUT2D eigenvalue weighted by Crippen LogP contribution is 2.31. The van der Waals surface area contributed by atoms with Crippen LogP contribution in [0, 0.1) is 18.8 Å². The molecule has 3 atom stereocenters. The van der Waals surface area contributed by atoms with Crippen molar-refractivity contribution in [2.24, 2.45) is 11.8 Å². The molecule has 0 radical (unpaired) electrons. The summed E-state index contributed by atoms with van der Waals surface area (Å²) in [5.74, 6) is -1.98. The molecule has 6 heteroatoms. The maximum absolute atomic E-state index is 12.5. The number of hydrogen-bond donors (Lipinski definition) is 2. The van der Waals surface area contributed by atoms with E-state index in [0.717, 1.165) is 30.6 Å². The fourth-order valence-corrected chi connectivity index (χ4v) is 3.26. The second-order valence-electron chi connectivity index (χ2n) is 6.09. The zero-order chi connectivity index (χ0) is 16.3. The molecule has 1 heterocycles. The molecule has 0 aromatic carbocycles. The van der Waals surface area contributed by atoms with Gasteiger partial charge < -0.3 is 10.4 Å². The summed E-state index contributed by atoms with van der Waals surface area (Å²) in [6.07, 6.45) is 4.99. The summed E-state index contributed by atoms with van der Waals surface area (Å²) in [6, 6.07) is -0.163. The standard InChI is InChI=1S/C16H25N3O3/c1-4-19-9-14(11(3)18-19)10(2)17-15(20)12-7-5-6-8-13(12)16(21)22/h9-10,12-13H,4-8H2,1-3H3,(H,17,20)(H,21,22)/t10-,12+,13+/m1/s1. The molecule has 1 saturated carbocycles. The van der Waals surface area contributed by atoms with E-state index in [2.05, 4.69) is 10.4 Å². The summed E-state index contributed by atoms with van der Waals surface area (Å²) in [6.45, 7) is 6.63. The quantitative estimate of drug-likeness (QED) is 0.874. The minimum absolute atomic E-state index is 0.150. The molecule has 1 amide bonds. The maximum atomic E-state index is 12.5. The van der Waals surface area contributed by atoms with Crippen molar-refractivity contribution < 1.29 is 14.7 Å². The van der Waals surface area contributed by atoms with Crippen molar-refractivity contribution in [2.75, 3.05) is 0 Å². The van der Waals surface area contributed by atoms with Gasteiger partial charge in [-0.2, -0.15) is 5.10 Å². The summed E-state index contributed by atoms with van der Waals surface area (Å²) in [5, 5.41) is 16.7. The topological polar surface area (TPSA) is 84.2 Å². The molecule has 1 aliphatic rings. The van der Waals surface area contributed by atoms with Crippen molar-refractivity contribution in [2.45, 2.75) is 59.0 Å². The van der Waals surface area contributed by atoms with Gasteiger partial charge in [0.2, 0.25) is 5.91 Å². The van der Waals surface area contributed by atoms with Crippen LogP contribution in [0.4, 0.5) is 0 Å². The molecule has 1 fully saturated rings. The summed E-state index contributed by atoms with van der Waals surface area (Å²) < 4.78 is 1.84. The van der Waals surface area contributed by atoms with Crippen molar-refractivity contribution in [3.8, 4) is 0 Å². The number of carbonyl (C=O) groups is 2. The molecule has 0 aliphatic heterocycles. The van der Waals surface area contributed by atoms with Crippen LogP contribution in [0.5, 0.6) is 0 Å². The van der Waals surface area contributed by atoms with Gasteiger partial charge in [-0.3, -0.25) is 14.3 Å². The number of nitrogens with one attached hydrogen (secondary N) is 1. The van der Waals surface area contributed by atoms with E-state index in [9.17, 15) is 14.7 Å². The third-order valence-electron chi connectivity index (χ3n) is 4.55. The van der Waals surface area contributed by atoms with Crippen LogP contribution in [0.1, 0.15) is 56.8 Å². The second kappa shape index (κ2) is 6.94. The van der Waals surface area contributed by atoms with Crippen LogP contribution in [-0.4, -0.2) is 26.8 Å². The van der Waals surface area contributed by atoms with Gasteiger partial charge in [-0.25, -0.2) is 0 Å². The predicted molar refractivity (Wildman–Crippen MR) is 82.3 cm³/mol. The highest BCUT2D eigenvalue weighted by atomic mass is 16.4. The Kier molecular flexibility index (Phi) is 5.21. The zero-order valence-corrected chi connectivity index (χ0v) is 13.5. The number of hydrogen-bond acceptors (Lipinski definition) is 3. The van der Waals surface area contributed by atoms with Crippen LogP contribution in [0.15, 0.2) is 6.20 Å². The number of rotatable bonds is 5. The number of aliphatic carboxylic acids is 1. The molecule has 122 valence electrons. The SMILES string of the molecule is CCn1cc([C@@H](C)NC(=O)[C@H]2CCCC[C@@H]2C(=O)O)c(C)n1. The number of amides is 1. The van der Waals surface area contributed by atoms with E-state index in [1.165, 1.54) is 0 Å². The Hall–Kier alpha value is -1.85. The van der Waals surface area contributed by atoms with E-state index >= 15 is 0 Å². The van der Waals surface area contributed by atoms with E-state index in [4.69, 9.17) is 0 Å². The monoisotopic (exact) mass is 307 g/mol. The van der Waals surface area contributed by atoms with Crippen LogP contribution in [0.3, 0.4) is 0 Å². The van der Waals surface area contributed by atoms with Crippen LogP contribution < -0.4 is 5.32 Å². The molecular formula is C16H25N3O3. The molecule has 0 spiro atoms. The zero-order valence-electron chi connectivity index (χ0n) is 13.5. The lowest BCUT2D eigenvalue weighted by molar-refractivity contribution is -0.149. The highest BCUT2D eigenvalue weighted by Gasteiger charge is 2.36. The fourth-order valence-electron chi connectivity index (χ4n) is 3.26. The summed E-state index contributed by atoms with van der Waals surface area (Å²) in [7, 11) is 0. The Morgan fingerprint density at radius 1 is 1.41 bits per heavy atom. The lowest BCUT2D eigenvalue weighted by Crippen LogP contribution is -2.40. The molecule has 0 bridgehead atoms. The summed E-state index contributed by atoms with van der Waals surface area (Å²) in [4.78, 5) is 23.8. The van der Waals surface area contributed by atoms with Gasteiger partial charge in [-0.1, -0.05) is 12.8 Å². The first-order chi connectivity index (χ1) is 10.4. The number of aromatic nitrogens is 2. The fraction of sp³-hybridized carbons (Fsp3) is 0.688. The number of nitrogens with zero attached hydrogens (tertiary/aromatic N) is 2. The van der Waals surface area contributed by atoms with Gasteiger partial charge in [0, 0.05) is 18.3 Å². The average molecular weight is 307 g/mol. The van der Waals surface area contributed by atoms with Gasteiger partial charge in [0.05, 0.1) is 23.6 Å². The molecule has 1 aromatic heterocycles. The number of carboxylic acid groups (broad SMARTS) is 1. The Morgan fingerprint density at radius 3 is 2.59 bits per heavy atom. The summed E-state index contributed by atoms with van der Waals surface area (Å²) >= 11 is 0. The first-order valence-electron chi connectivity index (χ1n) is 8.01. The van der Waals surface area contributed by atoms with Crippen molar-refractivity contribution in [3.63, 3.8) is 0 Å². The molecule has 1 aliphatic carbocycles. The third-order valence-corrected chi connectivity index (χ3v) is 4.55. The molecule has 6 nitrogen and oxygen atoms in total. The third kappa shape index (κ3) is 3.48. The second-order valence-corrected chi connectivity index (χ2v) is 6.09. The smallest absolute Gasteiger partial charge is 0.307 e. The molecule has 22 heavy (non-hydrogen) atoms. The normalized spacial score (nSPS) is 23.0. The molecule has 2 rings (SSSR count). The van der Waals surface area contributed by atoms with E-state index < -0.39 is 17.8 Å². The van der Waals surface area contributed by atoms with E-state index in [0.29, 0.717) is 12.8 Å². The lowest BCUT2D eigenvalue weighted by Gasteiger charge is -2.28. The summed E-state index contributed by atoms with van der Waals surface area (Å²) in [5.41, 5.74) is 1.88. The number of carbonyl (C=O) groups excluding carboxylic acids is 1. The minimum atomic E-state index is -0.859. The maximum Gasteiger partial charge on any atom is 0.307 e. The van der Waals surface area contributed by atoms with Crippen molar-refractivity contribution in [3.05, 3.63) is 17.5 Å². The molecule has 2 N–H and O–H groups in total. The highest BCUT2D eigenvalue weighted by molar-refractivity contribution is 5.85. The predicted octanol–water partition coefficient (Wildman–Crippen LogP) is 2.28. The van der Waals surface area contributed by atoms with Crippen LogP contribution in [0.2, 0.25) is 0 Å². The Labute approximate surface area is 130 Å². The molecule has 0 saturated heterocycles. The van der Waals surface area contributed by atoms with Gasteiger partial charge in [0.1, 0.15) is 0 Å². The van der Waals surface area contributed by atoms with Crippen molar-refractivity contribution in [1.29, 1.82) is 0 Å². The first kappa shape index (κ1) is 16.5. The van der Waals surface area contributed by atoms with Gasteiger partial charge in [-0.05, 0) is 33.6 Å². The average Bonchev–Trinajstić information content (AvgIpc) is 2.88. The van der Waals surface area contributed by atoms with E-state index in [1.54, 1.807) is 0 Å². The Balaban J connectivity index is 2.06.